The molecule has 0 bridgehead atoms. The van der Waals surface area contributed by atoms with Crippen molar-refractivity contribution in [2.45, 2.75) is 89.3 Å². The van der Waals surface area contributed by atoms with E-state index in [1.165, 1.54) is 14.0 Å². The van der Waals surface area contributed by atoms with Crippen molar-refractivity contribution in [3.8, 4) is 11.5 Å². The summed E-state index contributed by atoms with van der Waals surface area (Å²) >= 11 is 0. The zero-order valence-electron chi connectivity index (χ0n) is 24.6. The minimum Gasteiger partial charge on any atom is -0.497 e. The molecular weight excluding hydrogens is 511 g/mol. The molecule has 2 saturated carbocycles. The Bertz CT molecular complexity index is 1190. The van der Waals surface area contributed by atoms with Crippen molar-refractivity contribution < 1.29 is 32.9 Å². The predicted octanol–water partition coefficient (Wildman–Crippen LogP) is 7.40. The van der Waals surface area contributed by atoms with Gasteiger partial charge < -0.3 is 18.9 Å². The average Bonchev–Trinajstić information content (AvgIpc) is 3.75. The second-order valence-electron chi connectivity index (χ2n) is 12.4. The number of hydrogen-bond acceptors (Lipinski definition) is 6. The first-order valence-electron chi connectivity index (χ1n) is 14.3. The first kappa shape index (κ1) is 29.9. The lowest BCUT2D eigenvalue weighted by atomic mass is 9.77. The summed E-state index contributed by atoms with van der Waals surface area (Å²) in [4.78, 5) is 25.2. The Balaban J connectivity index is 1.39. The lowest BCUT2D eigenvalue weighted by Gasteiger charge is -2.31. The summed E-state index contributed by atoms with van der Waals surface area (Å²) in [5.74, 6) is 0.450. The Labute approximate surface area is 237 Å². The lowest BCUT2D eigenvalue weighted by Crippen LogP contribution is -2.39. The van der Waals surface area contributed by atoms with E-state index in [0.717, 1.165) is 55.4 Å². The first-order valence-corrected chi connectivity index (χ1v) is 14.3. The van der Waals surface area contributed by atoms with Crippen LogP contribution in [0.25, 0.3) is 0 Å². The van der Waals surface area contributed by atoms with Crippen molar-refractivity contribution in [3.63, 3.8) is 0 Å². The van der Waals surface area contributed by atoms with Crippen molar-refractivity contribution in [2.24, 2.45) is 11.8 Å². The molecule has 2 atom stereocenters. The van der Waals surface area contributed by atoms with E-state index in [4.69, 9.17) is 18.9 Å². The molecule has 4 rings (SSSR count). The maximum Gasteiger partial charge on any atom is 0.343 e. The molecule has 2 aliphatic carbocycles. The molecular formula is C33H43FO6. The van der Waals surface area contributed by atoms with Crippen LogP contribution in [0.3, 0.4) is 0 Å². The van der Waals surface area contributed by atoms with Gasteiger partial charge in [0.25, 0.3) is 0 Å². The van der Waals surface area contributed by atoms with E-state index in [2.05, 4.69) is 0 Å². The van der Waals surface area contributed by atoms with Crippen LogP contribution in [0.5, 0.6) is 11.5 Å². The Morgan fingerprint density at radius 3 is 2.23 bits per heavy atom. The van der Waals surface area contributed by atoms with E-state index in [9.17, 15) is 9.59 Å². The number of halogens is 1. The van der Waals surface area contributed by atoms with E-state index >= 15 is 4.39 Å². The highest BCUT2D eigenvalue weighted by atomic mass is 19.1. The maximum atomic E-state index is 15.6. The van der Waals surface area contributed by atoms with Crippen molar-refractivity contribution >= 4 is 11.9 Å². The highest BCUT2D eigenvalue weighted by Gasteiger charge is 2.50. The van der Waals surface area contributed by atoms with E-state index in [1.807, 2.05) is 57.2 Å². The molecule has 0 saturated heterocycles. The maximum absolute atomic E-state index is 15.6. The SMILES string of the molecule is COC(=O)C(C)(F)C(c1cccc(OCC2CCC(c3cc(OC)ccc3C(=O)OC(C)(C)C)CC2)c1)C1CC1. The van der Waals surface area contributed by atoms with E-state index < -0.39 is 23.2 Å². The molecule has 0 heterocycles. The molecule has 0 radical (unpaired) electrons. The number of esters is 2. The van der Waals surface area contributed by atoms with E-state index in [0.29, 0.717) is 23.8 Å². The molecule has 218 valence electrons. The summed E-state index contributed by atoms with van der Waals surface area (Å²) in [6.07, 6.45) is 5.59. The van der Waals surface area contributed by atoms with Crippen LogP contribution >= 0.6 is 0 Å². The van der Waals surface area contributed by atoms with Crippen LogP contribution in [0.15, 0.2) is 42.5 Å². The predicted molar refractivity (Wildman–Crippen MR) is 152 cm³/mol. The summed E-state index contributed by atoms with van der Waals surface area (Å²) in [5, 5.41) is 0. The zero-order valence-corrected chi connectivity index (χ0v) is 24.6. The fourth-order valence-electron chi connectivity index (χ4n) is 5.96. The molecule has 6 nitrogen and oxygen atoms in total. The molecule has 0 spiro atoms. The van der Waals surface area contributed by atoms with Crippen LogP contribution in [0.4, 0.5) is 4.39 Å². The smallest absolute Gasteiger partial charge is 0.343 e. The number of benzene rings is 2. The van der Waals surface area contributed by atoms with Crippen LogP contribution in [0.2, 0.25) is 0 Å². The number of alkyl halides is 1. The van der Waals surface area contributed by atoms with Crippen molar-refractivity contribution in [2.75, 3.05) is 20.8 Å². The highest BCUT2D eigenvalue weighted by Crippen LogP contribution is 2.50. The van der Waals surface area contributed by atoms with Crippen LogP contribution in [-0.4, -0.2) is 44.0 Å². The van der Waals surface area contributed by atoms with Gasteiger partial charge in [-0.05, 0) is 125 Å². The summed E-state index contributed by atoms with van der Waals surface area (Å²) in [6.45, 7) is 7.50. The summed E-state index contributed by atoms with van der Waals surface area (Å²) in [6, 6.07) is 13.1. The monoisotopic (exact) mass is 554 g/mol. The summed E-state index contributed by atoms with van der Waals surface area (Å²) < 4.78 is 37.7. The molecule has 2 aromatic rings. The first-order chi connectivity index (χ1) is 18.9. The standard InChI is InChI=1S/C33H43FO6/c1-32(2,3)40-30(35)27-17-16-25(37-5)19-28(27)22-12-10-21(11-13-22)20-39-26-9-7-8-24(18-26)29(23-14-15-23)33(4,34)31(36)38-6/h7-9,16-19,21-23,29H,10-15,20H2,1-6H3. The minimum absolute atomic E-state index is 0.127. The van der Waals surface area contributed by atoms with Gasteiger partial charge in [-0.3, -0.25) is 0 Å². The normalized spacial score (nSPS) is 21.6. The summed E-state index contributed by atoms with van der Waals surface area (Å²) in [7, 11) is 2.86. The topological polar surface area (TPSA) is 71.1 Å². The Kier molecular flexibility index (Phi) is 9.11. The van der Waals surface area contributed by atoms with E-state index in [1.54, 1.807) is 13.2 Å². The van der Waals surface area contributed by atoms with E-state index in [-0.39, 0.29) is 17.8 Å². The third-order valence-electron chi connectivity index (χ3n) is 8.13. The summed E-state index contributed by atoms with van der Waals surface area (Å²) in [5.41, 5.74) is -0.310. The number of hydrogen-bond donors (Lipinski definition) is 0. The third-order valence-corrected chi connectivity index (χ3v) is 8.13. The minimum atomic E-state index is -2.09. The van der Waals surface area contributed by atoms with Gasteiger partial charge in [-0.1, -0.05) is 12.1 Å². The molecule has 40 heavy (non-hydrogen) atoms. The molecule has 0 amide bonds. The quantitative estimate of drug-likeness (QED) is 0.285. The number of carbonyl (C=O) groups excluding carboxylic acids is 2. The molecule has 2 unspecified atom stereocenters. The molecule has 0 aromatic heterocycles. The van der Waals surface area contributed by atoms with Crippen molar-refractivity contribution in [1.29, 1.82) is 0 Å². The third kappa shape index (κ3) is 7.15. The highest BCUT2D eigenvalue weighted by molar-refractivity contribution is 5.92. The van der Waals surface area contributed by atoms with Crippen LogP contribution in [0, 0.1) is 11.8 Å². The van der Waals surface area contributed by atoms with Gasteiger partial charge in [0, 0.05) is 5.92 Å². The zero-order chi connectivity index (χ0) is 29.1. The Morgan fingerprint density at radius 1 is 0.925 bits per heavy atom. The largest absolute Gasteiger partial charge is 0.497 e. The Hall–Kier alpha value is -3.09. The second-order valence-corrected chi connectivity index (χ2v) is 12.4. The van der Waals surface area contributed by atoms with Crippen molar-refractivity contribution in [1.82, 2.24) is 0 Å². The molecule has 2 aliphatic rings. The molecule has 2 aromatic carbocycles. The second kappa shape index (κ2) is 12.2. The lowest BCUT2D eigenvalue weighted by molar-refractivity contribution is -0.155. The van der Waals surface area contributed by atoms with Crippen LogP contribution in [0.1, 0.15) is 99.5 Å². The molecule has 0 aliphatic heterocycles. The fourth-order valence-corrected chi connectivity index (χ4v) is 5.96. The molecule has 2 fully saturated rings. The van der Waals surface area contributed by atoms with Gasteiger partial charge in [-0.2, -0.15) is 0 Å². The molecule has 0 N–H and O–H groups in total. The fraction of sp³-hybridized carbons (Fsp3) is 0.576. The number of methoxy groups -OCH3 is 2. The van der Waals surface area contributed by atoms with Gasteiger partial charge in [0.2, 0.25) is 5.67 Å². The van der Waals surface area contributed by atoms with Gasteiger partial charge in [0.15, 0.2) is 0 Å². The van der Waals surface area contributed by atoms with Gasteiger partial charge in [0.1, 0.15) is 17.1 Å². The molecule has 7 heteroatoms. The average molecular weight is 555 g/mol. The van der Waals surface area contributed by atoms with Gasteiger partial charge >= 0.3 is 11.9 Å². The van der Waals surface area contributed by atoms with Crippen molar-refractivity contribution in [3.05, 3.63) is 59.2 Å². The number of carbonyl (C=O) groups is 2. The number of ether oxygens (including phenoxy) is 4. The van der Waals surface area contributed by atoms with Gasteiger partial charge in [-0.25, -0.2) is 14.0 Å². The van der Waals surface area contributed by atoms with Gasteiger partial charge in [0.05, 0.1) is 26.4 Å². The number of rotatable bonds is 10. The van der Waals surface area contributed by atoms with Crippen LogP contribution in [-0.2, 0) is 14.3 Å². The Morgan fingerprint density at radius 2 is 1.62 bits per heavy atom. The van der Waals surface area contributed by atoms with Gasteiger partial charge in [-0.15, -0.1) is 0 Å². The van der Waals surface area contributed by atoms with Crippen LogP contribution < -0.4 is 9.47 Å².